The Labute approximate surface area is 480 Å². The Morgan fingerprint density at radius 3 is 2.24 bits per heavy atom. The Hall–Kier alpha value is -5.20. The zero-order valence-electron chi connectivity index (χ0n) is 49.1. The number of phenolic OH excluding ortho intramolecular Hbond substituents is 1. The van der Waals surface area contributed by atoms with Crippen LogP contribution in [0.4, 0.5) is 8.78 Å². The standard InChI is InChI=1S/C60H91F2N5O15/c1-11-39-25-33(6)60(65-55(39)76)37(10)53(74)36(9)50(82-60)29-46(71)31(4)19-22-45(70)47(72)24-32(5)49-18-14-12-13-17-44(69)35(8)54(75)40(21-20-34(7)68)56(77)64-52(30(2)3)57(78)63-43(27-38-26-41(61)51(62)48(73)28-38)58(79)67-23-15-16-42(66-67)59(80)81-49/h12-14,17,24,26,28,30-31,33,35-37,39-40,42-47,49-50,52-54,66,69-75H,11,15-16,18-23,25,27,29H2,1-10H3,(H,63,78)(H,64,77)(H,65,76)/t31-,33-,35-,36-,37-,39-,40+,42?,43-,44-,45?,46-,47?,49-,50-,52-,53-,54+,60+/m0/s1. The van der Waals surface area contributed by atoms with Gasteiger partial charge in [0.1, 0.15) is 35.7 Å². The van der Waals surface area contributed by atoms with Gasteiger partial charge in [-0.05, 0) is 93.9 Å². The molecule has 1 aromatic rings. The molecular formula is C60H91F2N5O15. The lowest BCUT2D eigenvalue weighted by Crippen LogP contribution is -2.71. The van der Waals surface area contributed by atoms with Gasteiger partial charge < -0.3 is 66.0 Å². The quantitative estimate of drug-likeness (QED) is 0.0827. The van der Waals surface area contributed by atoms with Crippen LogP contribution in [0.5, 0.6) is 5.75 Å². The van der Waals surface area contributed by atoms with Crippen molar-refractivity contribution >= 4 is 35.4 Å². The lowest BCUT2D eigenvalue weighted by molar-refractivity contribution is -0.267. The molecule has 3 fully saturated rings. The zero-order valence-corrected chi connectivity index (χ0v) is 49.1. The van der Waals surface area contributed by atoms with E-state index in [1.165, 1.54) is 32.1 Å². The number of hydrogen-bond donors (Lipinski definition) is 11. The van der Waals surface area contributed by atoms with E-state index in [-0.39, 0.29) is 92.9 Å². The van der Waals surface area contributed by atoms with Crippen molar-refractivity contribution in [2.75, 3.05) is 6.54 Å². The Bertz CT molecular complexity index is 2460. The number of benzene rings is 1. The molecule has 20 nitrogen and oxygen atoms in total. The molecule has 0 radical (unpaired) electrons. The number of nitrogens with one attached hydrogen (secondary N) is 4. The Morgan fingerprint density at radius 2 is 1.60 bits per heavy atom. The Balaban J connectivity index is 1.38. The molecule has 1 aromatic carbocycles. The van der Waals surface area contributed by atoms with Gasteiger partial charge in [-0.15, -0.1) is 0 Å². The van der Waals surface area contributed by atoms with Crippen LogP contribution < -0.4 is 21.4 Å². The maximum atomic E-state index is 14.6. The summed E-state index contributed by atoms with van der Waals surface area (Å²) in [6.45, 7) is 17.1. The van der Waals surface area contributed by atoms with E-state index in [9.17, 15) is 73.3 Å². The zero-order chi connectivity index (χ0) is 61.1. The fourth-order valence-electron chi connectivity index (χ4n) is 11.7. The molecule has 4 aliphatic rings. The summed E-state index contributed by atoms with van der Waals surface area (Å²) < 4.78 is 41.6. The molecular weight excluding hydrogens is 1070 g/mol. The third-order valence-corrected chi connectivity index (χ3v) is 17.5. The number of nitrogens with zero attached hydrogens (tertiary/aromatic N) is 1. The topological polar surface area (TPSA) is 314 Å². The number of ketones is 1. The third-order valence-electron chi connectivity index (χ3n) is 17.5. The lowest BCUT2D eigenvalue weighted by atomic mass is 9.69. The molecule has 4 aliphatic heterocycles. The first-order valence-corrected chi connectivity index (χ1v) is 29.2. The number of esters is 1. The van der Waals surface area contributed by atoms with Crippen molar-refractivity contribution in [1.82, 2.24) is 26.4 Å². The Kier molecular flexibility index (Phi) is 24.8. The minimum Gasteiger partial charge on any atom is -0.505 e. The summed E-state index contributed by atoms with van der Waals surface area (Å²) in [4.78, 5) is 82.3. The van der Waals surface area contributed by atoms with Crippen molar-refractivity contribution in [3.8, 4) is 5.75 Å². The molecule has 0 saturated carbocycles. The highest BCUT2D eigenvalue weighted by atomic mass is 19.2. The van der Waals surface area contributed by atoms with Crippen LogP contribution in [-0.4, -0.2) is 155 Å². The molecule has 82 heavy (non-hydrogen) atoms. The van der Waals surface area contributed by atoms with Gasteiger partial charge in [-0.1, -0.05) is 85.8 Å². The number of rotatable bonds is 16. The SMILES string of the molecule is CC[C@H]1C[C@H](C)[C@@]2(NC1=O)O[C@@H](C[C@H](O)[C@@H](C)CCC(O)C(O)C=C(C)[C@@H]1CC=CC=C[C@H](O)[C@H](C)[C@@H](O)[C@@H](CCC(C)=O)C(=O)N[C@@H](C(C)C)C(=O)N[C@@H](Cc3cc(O)c(F)c(F)c3)C(=O)N3CCCC(N3)C(=O)O1)[C@H](C)[C@H](O)[C@@H]2C. The summed E-state index contributed by atoms with van der Waals surface area (Å²) in [5, 5.41) is 88.0. The van der Waals surface area contributed by atoms with Gasteiger partial charge in [0.15, 0.2) is 17.4 Å². The summed E-state index contributed by atoms with van der Waals surface area (Å²) in [7, 11) is 0. The highest BCUT2D eigenvalue weighted by Crippen LogP contribution is 2.46. The number of aliphatic hydroxyl groups is 6. The first kappa shape index (κ1) is 67.6. The van der Waals surface area contributed by atoms with Gasteiger partial charge in [-0.25, -0.2) is 9.82 Å². The van der Waals surface area contributed by atoms with E-state index in [0.717, 1.165) is 17.1 Å². The molecule has 4 amide bonds. The molecule has 22 heteroatoms. The summed E-state index contributed by atoms with van der Waals surface area (Å²) in [5.41, 5.74) is 1.99. The predicted molar refractivity (Wildman–Crippen MR) is 298 cm³/mol. The smallest absolute Gasteiger partial charge is 0.325 e. The Morgan fingerprint density at radius 1 is 0.902 bits per heavy atom. The van der Waals surface area contributed by atoms with Crippen LogP contribution >= 0.6 is 0 Å². The van der Waals surface area contributed by atoms with E-state index in [2.05, 4.69) is 21.4 Å². The van der Waals surface area contributed by atoms with Gasteiger partial charge in [-0.2, -0.15) is 4.39 Å². The average molecular weight is 1160 g/mol. The van der Waals surface area contributed by atoms with Gasteiger partial charge in [-0.3, -0.25) is 29.0 Å². The number of Topliss-reactive ketones (excluding diaryl/α,β-unsaturated/α-hetero) is 1. The number of carbonyl (C=O) groups is 6. The highest BCUT2D eigenvalue weighted by molar-refractivity contribution is 5.93. The van der Waals surface area contributed by atoms with Crippen LogP contribution in [0.15, 0.2) is 48.1 Å². The van der Waals surface area contributed by atoms with E-state index in [4.69, 9.17) is 9.47 Å². The van der Waals surface area contributed by atoms with E-state index in [0.29, 0.717) is 18.4 Å². The van der Waals surface area contributed by atoms with Crippen LogP contribution in [0.3, 0.4) is 0 Å². The number of halogens is 2. The number of phenols is 1. The molecule has 460 valence electrons. The van der Waals surface area contributed by atoms with Crippen LogP contribution in [0.25, 0.3) is 0 Å². The summed E-state index contributed by atoms with van der Waals surface area (Å²) >= 11 is 0. The van der Waals surface area contributed by atoms with Gasteiger partial charge >= 0.3 is 5.97 Å². The normalized spacial score (nSPS) is 33.8. The van der Waals surface area contributed by atoms with Crippen molar-refractivity contribution in [2.45, 2.75) is 213 Å². The second-order valence-corrected chi connectivity index (χ2v) is 24.0. The monoisotopic (exact) mass is 1160 g/mol. The molecule has 3 unspecified atom stereocenters. The minimum atomic E-state index is -1.58. The fraction of sp³-hybridized carbons (Fsp3) is 0.700. The van der Waals surface area contributed by atoms with Crippen molar-refractivity contribution in [2.24, 2.45) is 47.3 Å². The molecule has 4 heterocycles. The molecule has 5 rings (SSSR count). The summed E-state index contributed by atoms with van der Waals surface area (Å²) in [6, 6.07) is -2.46. The molecule has 0 aliphatic carbocycles. The largest absolute Gasteiger partial charge is 0.505 e. The number of piperidine rings is 1. The summed E-state index contributed by atoms with van der Waals surface area (Å²) in [6.07, 6.45) is -0.444. The number of fused-ring (bicyclic) bond motifs is 2. The maximum absolute atomic E-state index is 14.6. The van der Waals surface area contributed by atoms with Crippen LogP contribution in [0.1, 0.15) is 139 Å². The van der Waals surface area contributed by atoms with Gasteiger partial charge in [0.25, 0.3) is 5.91 Å². The number of allylic oxidation sites excluding steroid dienone is 2. The second kappa shape index (κ2) is 30.0. The van der Waals surface area contributed by atoms with Crippen LogP contribution in [-0.2, 0) is 44.7 Å². The van der Waals surface area contributed by atoms with Gasteiger partial charge in [0.05, 0.1) is 48.6 Å². The second-order valence-electron chi connectivity index (χ2n) is 24.0. The number of aromatic hydroxyl groups is 1. The first-order chi connectivity index (χ1) is 38.5. The number of amides is 4. The van der Waals surface area contributed by atoms with Crippen molar-refractivity contribution < 1.29 is 82.8 Å². The highest BCUT2D eigenvalue weighted by Gasteiger charge is 2.57. The number of hydrazine groups is 1. The van der Waals surface area contributed by atoms with Crippen molar-refractivity contribution in [3.05, 3.63) is 65.3 Å². The number of cyclic esters (lactones) is 1. The van der Waals surface area contributed by atoms with Gasteiger partial charge in [0.2, 0.25) is 17.7 Å². The van der Waals surface area contributed by atoms with E-state index in [1.54, 1.807) is 39.8 Å². The predicted octanol–water partition coefficient (Wildman–Crippen LogP) is 3.85. The number of aliphatic hydroxyl groups excluding tert-OH is 6. The molecule has 19 atom stereocenters. The van der Waals surface area contributed by atoms with Gasteiger partial charge in [0, 0.05) is 61.8 Å². The van der Waals surface area contributed by atoms with Crippen LogP contribution in [0.2, 0.25) is 0 Å². The molecule has 3 saturated heterocycles. The molecule has 0 aromatic heterocycles. The van der Waals surface area contributed by atoms with Crippen molar-refractivity contribution in [1.29, 1.82) is 0 Å². The number of carbonyl (C=O) groups excluding carboxylic acids is 6. The van der Waals surface area contributed by atoms with Crippen molar-refractivity contribution in [3.63, 3.8) is 0 Å². The minimum absolute atomic E-state index is 0.00818. The lowest BCUT2D eigenvalue weighted by Gasteiger charge is -2.56. The van der Waals surface area contributed by atoms with E-state index < -0.39 is 150 Å². The fourth-order valence-corrected chi connectivity index (χ4v) is 11.7. The average Bonchev–Trinajstić information content (AvgIpc) is 2.15. The summed E-state index contributed by atoms with van der Waals surface area (Å²) in [5.74, 6) is -12.2. The van der Waals surface area contributed by atoms with E-state index >= 15 is 0 Å². The number of hydrogen-bond acceptors (Lipinski definition) is 16. The maximum Gasteiger partial charge on any atom is 0.325 e. The van der Waals surface area contributed by atoms with Crippen LogP contribution in [0, 0.1) is 59.0 Å². The third kappa shape index (κ3) is 17.0. The molecule has 1 spiro atoms. The molecule has 11 N–H and O–H groups in total. The first-order valence-electron chi connectivity index (χ1n) is 29.2. The number of ether oxygens (including phenoxy) is 2. The van der Waals surface area contributed by atoms with E-state index in [1.807, 2.05) is 27.7 Å². The molecule has 2 bridgehead atoms.